The van der Waals surface area contributed by atoms with Crippen LogP contribution in [0.1, 0.15) is 37.3 Å². The summed E-state index contributed by atoms with van der Waals surface area (Å²) in [5.41, 5.74) is 1.30. The minimum Gasteiger partial charge on any atom is -0.396 e. The van der Waals surface area contributed by atoms with Gasteiger partial charge in [0.05, 0.1) is 17.4 Å². The molecule has 1 N–H and O–H groups in total. The summed E-state index contributed by atoms with van der Waals surface area (Å²) in [6.07, 6.45) is 4.70. The average Bonchev–Trinajstić information content (AvgIpc) is 3.54. The van der Waals surface area contributed by atoms with Gasteiger partial charge in [-0.25, -0.2) is 0 Å². The molecule has 2 bridgehead atoms. The van der Waals surface area contributed by atoms with E-state index >= 15 is 0 Å². The Morgan fingerprint density at radius 2 is 1.64 bits per heavy atom. The van der Waals surface area contributed by atoms with Crippen LogP contribution in [0.2, 0.25) is 0 Å². The molecule has 1 spiro atoms. The molecule has 0 saturated carbocycles. The first kappa shape index (κ1) is 29.7. The van der Waals surface area contributed by atoms with Gasteiger partial charge < -0.3 is 24.5 Å². The van der Waals surface area contributed by atoms with E-state index in [0.29, 0.717) is 24.9 Å². The zero-order valence-corrected chi connectivity index (χ0v) is 24.8. The van der Waals surface area contributed by atoms with Crippen LogP contribution in [0.15, 0.2) is 73.8 Å². The molecule has 0 aliphatic carbocycles. The monoisotopic (exact) mass is 571 g/mol. The van der Waals surface area contributed by atoms with Crippen molar-refractivity contribution in [3.05, 3.63) is 85.0 Å². The highest BCUT2D eigenvalue weighted by Gasteiger charge is 2.78. The smallest absolute Gasteiger partial charge is 0.253 e. The number of ether oxygens (including phenoxy) is 1. The van der Waals surface area contributed by atoms with E-state index in [1.165, 1.54) is 0 Å². The van der Waals surface area contributed by atoms with Crippen molar-refractivity contribution in [2.45, 2.75) is 57.3 Å². The van der Waals surface area contributed by atoms with E-state index in [-0.39, 0.29) is 44.0 Å². The van der Waals surface area contributed by atoms with Crippen LogP contribution in [-0.4, -0.2) is 71.2 Å². The van der Waals surface area contributed by atoms with Gasteiger partial charge in [0.25, 0.3) is 5.91 Å². The lowest BCUT2D eigenvalue weighted by atomic mass is 9.66. The summed E-state index contributed by atoms with van der Waals surface area (Å²) < 4.78 is 6.84. The van der Waals surface area contributed by atoms with Crippen molar-refractivity contribution in [3.8, 4) is 0 Å². The number of likely N-dealkylation sites (tertiary alicyclic amines) is 1. The summed E-state index contributed by atoms with van der Waals surface area (Å²) in [4.78, 5) is 48.5. The number of aliphatic hydroxyl groups is 1. The molecule has 222 valence electrons. The lowest BCUT2D eigenvalue weighted by Gasteiger charge is -2.37. The Balaban J connectivity index is 1.61. The molecule has 5 rings (SSSR count). The Morgan fingerprint density at radius 3 is 2.26 bits per heavy atom. The van der Waals surface area contributed by atoms with Gasteiger partial charge in [-0.1, -0.05) is 48.6 Å². The second-order valence-electron chi connectivity index (χ2n) is 11.9. The van der Waals surface area contributed by atoms with Crippen molar-refractivity contribution in [3.63, 3.8) is 0 Å². The predicted molar refractivity (Wildman–Crippen MR) is 163 cm³/mol. The second kappa shape index (κ2) is 11.5. The molecule has 42 heavy (non-hydrogen) atoms. The Labute approximate surface area is 248 Å². The summed E-state index contributed by atoms with van der Waals surface area (Å²) in [6.45, 7) is 14.2. The van der Waals surface area contributed by atoms with Crippen molar-refractivity contribution in [1.82, 2.24) is 4.90 Å². The van der Waals surface area contributed by atoms with Crippen LogP contribution in [0.5, 0.6) is 0 Å². The minimum absolute atomic E-state index is 0.127. The molecule has 3 saturated heterocycles. The number of benzene rings is 2. The molecule has 3 heterocycles. The van der Waals surface area contributed by atoms with E-state index in [9.17, 15) is 19.5 Å². The number of amides is 3. The third-order valence-corrected chi connectivity index (χ3v) is 9.27. The summed E-state index contributed by atoms with van der Waals surface area (Å²) in [7, 11) is 0. The molecule has 0 radical (unpaired) electrons. The molecular formula is C34H41N3O5. The lowest BCUT2D eigenvalue weighted by Crippen LogP contribution is -2.57. The van der Waals surface area contributed by atoms with Gasteiger partial charge in [0.1, 0.15) is 11.6 Å². The van der Waals surface area contributed by atoms with E-state index in [1.54, 1.807) is 26.9 Å². The summed E-state index contributed by atoms with van der Waals surface area (Å²) in [5, 5.41) is 9.71. The lowest BCUT2D eigenvalue weighted by molar-refractivity contribution is -0.144. The first-order chi connectivity index (χ1) is 20.1. The van der Waals surface area contributed by atoms with Crippen molar-refractivity contribution >= 4 is 29.1 Å². The molecular weight excluding hydrogens is 530 g/mol. The molecule has 3 fully saturated rings. The largest absolute Gasteiger partial charge is 0.396 e. The van der Waals surface area contributed by atoms with E-state index in [0.717, 1.165) is 16.8 Å². The topological polar surface area (TPSA) is 90.4 Å². The van der Waals surface area contributed by atoms with Gasteiger partial charge >= 0.3 is 0 Å². The van der Waals surface area contributed by atoms with Crippen LogP contribution in [0, 0.1) is 25.7 Å². The molecule has 0 aromatic heterocycles. The fourth-order valence-electron chi connectivity index (χ4n) is 7.59. The first-order valence-corrected chi connectivity index (χ1v) is 14.7. The fraction of sp³-hybridized carbons (Fsp3) is 0.441. The third-order valence-electron chi connectivity index (χ3n) is 9.27. The van der Waals surface area contributed by atoms with Crippen LogP contribution in [0.4, 0.5) is 11.4 Å². The quantitative estimate of drug-likeness (QED) is 0.409. The highest BCUT2D eigenvalue weighted by Crippen LogP contribution is 2.63. The molecule has 5 atom stereocenters. The van der Waals surface area contributed by atoms with Gasteiger partial charge in [0.2, 0.25) is 11.8 Å². The van der Waals surface area contributed by atoms with Crippen LogP contribution in [0.3, 0.4) is 0 Å². The number of hydrogen-bond acceptors (Lipinski definition) is 5. The summed E-state index contributed by atoms with van der Waals surface area (Å²) in [5.74, 6) is -2.34. The Hall–Kier alpha value is -3.75. The van der Waals surface area contributed by atoms with Crippen LogP contribution in [0.25, 0.3) is 0 Å². The van der Waals surface area contributed by atoms with E-state index in [1.807, 2.05) is 69.3 Å². The second-order valence-corrected chi connectivity index (χ2v) is 11.9. The third kappa shape index (κ3) is 4.57. The number of hydrogen-bond donors (Lipinski definition) is 1. The van der Waals surface area contributed by atoms with Crippen molar-refractivity contribution < 1.29 is 24.2 Å². The van der Waals surface area contributed by atoms with Crippen LogP contribution >= 0.6 is 0 Å². The normalized spacial score (nSPS) is 27.6. The van der Waals surface area contributed by atoms with E-state index in [2.05, 4.69) is 13.2 Å². The van der Waals surface area contributed by atoms with Gasteiger partial charge in [-0.15, -0.1) is 13.2 Å². The molecule has 2 aromatic rings. The number of nitrogens with zero attached hydrogens (tertiary/aromatic N) is 3. The molecule has 3 aliphatic heterocycles. The van der Waals surface area contributed by atoms with Crippen LogP contribution < -0.4 is 9.80 Å². The number of carbonyl (C=O) groups is 3. The molecule has 3 aliphatic rings. The van der Waals surface area contributed by atoms with Crippen molar-refractivity contribution in [1.29, 1.82) is 0 Å². The molecule has 2 aromatic carbocycles. The maximum Gasteiger partial charge on any atom is 0.253 e. The maximum absolute atomic E-state index is 14.8. The highest BCUT2D eigenvalue weighted by atomic mass is 16.5. The van der Waals surface area contributed by atoms with Crippen molar-refractivity contribution in [2.24, 2.45) is 11.8 Å². The number of para-hydroxylation sites is 2. The molecule has 8 nitrogen and oxygen atoms in total. The molecule has 2 unspecified atom stereocenters. The predicted octanol–water partition coefficient (Wildman–Crippen LogP) is 4.19. The standard InChI is InChI=1S/C34H41N3O5/c1-6-19-35(25-15-9-8-10-16-25)30(39)26-27-31(40)37(21-12-22-38)29(34(27)18-17-33(26,5)42-34)32(41)36(20-7-2)28-23(3)13-11-14-24(28)4/h6-11,13-16,26-27,29,38H,1-2,12,17-22H2,3-5H3/t26-,27-,29?,33+,34?/m0/s1. The van der Waals surface area contributed by atoms with Gasteiger partial charge in [0.15, 0.2) is 0 Å². The summed E-state index contributed by atoms with van der Waals surface area (Å²) in [6, 6.07) is 14.3. The zero-order valence-electron chi connectivity index (χ0n) is 24.8. The highest BCUT2D eigenvalue weighted by molar-refractivity contribution is 6.07. The van der Waals surface area contributed by atoms with E-state index in [4.69, 9.17) is 4.74 Å². The molecule has 8 heteroatoms. The summed E-state index contributed by atoms with van der Waals surface area (Å²) >= 11 is 0. The van der Waals surface area contributed by atoms with Gasteiger partial charge in [-0.3, -0.25) is 14.4 Å². The fourth-order valence-corrected chi connectivity index (χ4v) is 7.59. The number of rotatable bonds is 11. The number of aliphatic hydroxyl groups excluding tert-OH is 1. The average molecular weight is 572 g/mol. The van der Waals surface area contributed by atoms with E-state index < -0.39 is 29.1 Å². The number of fused-ring (bicyclic) bond motifs is 1. The number of anilines is 2. The van der Waals surface area contributed by atoms with Crippen molar-refractivity contribution in [2.75, 3.05) is 36.0 Å². The van der Waals surface area contributed by atoms with Gasteiger partial charge in [-0.2, -0.15) is 0 Å². The first-order valence-electron chi connectivity index (χ1n) is 14.7. The Morgan fingerprint density at radius 1 is 1.00 bits per heavy atom. The Bertz CT molecular complexity index is 1370. The van der Waals surface area contributed by atoms with Gasteiger partial charge in [-0.05, 0) is 63.3 Å². The molecule has 3 amide bonds. The number of carbonyl (C=O) groups excluding carboxylic acids is 3. The van der Waals surface area contributed by atoms with Crippen LogP contribution in [-0.2, 0) is 19.1 Å². The Kier molecular flexibility index (Phi) is 8.14. The maximum atomic E-state index is 14.8. The number of aryl methyl sites for hydroxylation is 2. The van der Waals surface area contributed by atoms with Gasteiger partial charge in [0, 0.05) is 37.6 Å². The zero-order chi connectivity index (χ0) is 30.2. The SMILES string of the molecule is C=CCN(C(=O)[C@@H]1[C@H]2C(=O)N(CCCO)C(C(=O)N(CC=C)c3c(C)cccc3C)C23CC[C@@]1(C)O3)c1ccccc1. The minimum atomic E-state index is -1.16.